The van der Waals surface area contributed by atoms with Gasteiger partial charge in [-0.1, -0.05) is 13.0 Å². The molecule has 0 spiro atoms. The van der Waals surface area contributed by atoms with Crippen molar-refractivity contribution in [2.24, 2.45) is 0 Å². The number of hydrogen-bond donors (Lipinski definition) is 2. The van der Waals surface area contributed by atoms with E-state index in [0.29, 0.717) is 22.6 Å². The first-order valence-electron chi connectivity index (χ1n) is 11.4. The number of amides is 1. The highest BCUT2D eigenvalue weighted by atomic mass is 32.1. The number of carbonyl (C=O) groups is 2. The summed E-state index contributed by atoms with van der Waals surface area (Å²) in [7, 11) is 3.43. The average molecular weight is 485 g/mol. The van der Waals surface area contributed by atoms with E-state index in [-0.39, 0.29) is 17.1 Å². The van der Waals surface area contributed by atoms with Gasteiger partial charge in [-0.2, -0.15) is 0 Å². The van der Waals surface area contributed by atoms with Gasteiger partial charge in [-0.05, 0) is 69.0 Å². The summed E-state index contributed by atoms with van der Waals surface area (Å²) in [4.78, 5) is 29.4. The highest BCUT2D eigenvalue weighted by molar-refractivity contribution is 7.80. The smallest absolute Gasteiger partial charge is 0.337 e. The Hall–Kier alpha value is -3.17. The first kappa shape index (κ1) is 25.5. The van der Waals surface area contributed by atoms with E-state index >= 15 is 0 Å². The molecule has 0 unspecified atom stereocenters. The molecule has 2 N–H and O–H groups in total. The molecule has 182 valence electrons. The minimum atomic E-state index is -0.443. The van der Waals surface area contributed by atoms with Crippen LogP contribution in [0.5, 0.6) is 5.75 Å². The molecular weight excluding hydrogens is 452 g/mol. The van der Waals surface area contributed by atoms with Gasteiger partial charge in [-0.15, -0.1) is 0 Å². The predicted octanol–water partition coefficient (Wildman–Crippen LogP) is 3.53. The molecule has 1 saturated heterocycles. The molecule has 2 aromatic carbocycles. The number of piperazine rings is 1. The van der Waals surface area contributed by atoms with E-state index in [1.165, 1.54) is 7.11 Å². The third-order valence-electron chi connectivity index (χ3n) is 5.75. The molecule has 1 heterocycles. The van der Waals surface area contributed by atoms with Crippen molar-refractivity contribution in [3.63, 3.8) is 0 Å². The van der Waals surface area contributed by atoms with Gasteiger partial charge < -0.3 is 24.6 Å². The summed E-state index contributed by atoms with van der Waals surface area (Å²) in [6, 6.07) is 12.3. The Morgan fingerprint density at radius 1 is 1.09 bits per heavy atom. The van der Waals surface area contributed by atoms with Crippen molar-refractivity contribution in [1.29, 1.82) is 0 Å². The number of carbonyl (C=O) groups excluding carboxylic acids is 2. The molecule has 8 nitrogen and oxygen atoms in total. The lowest BCUT2D eigenvalue weighted by Gasteiger charge is -2.35. The number of likely N-dealkylation sites (N-methyl/N-ethyl adjacent to an activating group) is 1. The van der Waals surface area contributed by atoms with E-state index in [1.54, 1.807) is 30.3 Å². The fourth-order valence-corrected chi connectivity index (χ4v) is 3.76. The van der Waals surface area contributed by atoms with E-state index in [4.69, 9.17) is 21.7 Å². The molecule has 0 aromatic heterocycles. The maximum Gasteiger partial charge on any atom is 0.337 e. The second kappa shape index (κ2) is 11.8. The van der Waals surface area contributed by atoms with Crippen LogP contribution in [0.2, 0.25) is 0 Å². The van der Waals surface area contributed by atoms with Crippen molar-refractivity contribution in [3.05, 3.63) is 53.6 Å². The highest BCUT2D eigenvalue weighted by Crippen LogP contribution is 2.28. The third kappa shape index (κ3) is 6.68. The molecule has 2 aromatic rings. The molecule has 34 heavy (non-hydrogen) atoms. The summed E-state index contributed by atoms with van der Waals surface area (Å²) < 4.78 is 10.7. The lowest BCUT2D eigenvalue weighted by Crippen LogP contribution is -2.45. The first-order valence-corrected chi connectivity index (χ1v) is 11.8. The number of rotatable bonds is 7. The molecular formula is C25H32N4O4S. The molecule has 0 aliphatic carbocycles. The monoisotopic (exact) mass is 484 g/mol. The minimum Gasteiger partial charge on any atom is -0.491 e. The Kier molecular flexibility index (Phi) is 8.84. The van der Waals surface area contributed by atoms with Gasteiger partial charge in [0.1, 0.15) is 5.75 Å². The van der Waals surface area contributed by atoms with Crippen LogP contribution in [0.1, 0.15) is 41.0 Å². The van der Waals surface area contributed by atoms with Crippen molar-refractivity contribution in [2.45, 2.75) is 26.4 Å². The predicted molar refractivity (Wildman–Crippen MR) is 138 cm³/mol. The summed E-state index contributed by atoms with van der Waals surface area (Å²) in [5.74, 6) is -0.164. The van der Waals surface area contributed by atoms with Crippen molar-refractivity contribution in [1.82, 2.24) is 10.2 Å². The van der Waals surface area contributed by atoms with Crippen molar-refractivity contribution in [2.75, 3.05) is 50.6 Å². The average Bonchev–Trinajstić information content (AvgIpc) is 2.84. The molecule has 1 fully saturated rings. The van der Waals surface area contributed by atoms with Crippen LogP contribution in [0.3, 0.4) is 0 Å². The Bertz CT molecular complexity index is 1040. The maximum atomic E-state index is 12.8. The standard InChI is InChI=1S/C25H32N4O4S/c1-5-17(2)33-20-8-6-7-18(15-20)23(30)27-25(34)26-21-16-19(24(31)32-4)9-10-22(21)29-13-11-28(3)12-14-29/h6-10,15-17H,5,11-14H2,1-4H3,(H2,26,27,30,34)/t17-/m0/s1. The van der Waals surface area contributed by atoms with Gasteiger partial charge in [0.2, 0.25) is 0 Å². The van der Waals surface area contributed by atoms with Crippen molar-refractivity contribution < 1.29 is 19.1 Å². The highest BCUT2D eigenvalue weighted by Gasteiger charge is 2.20. The number of ether oxygens (including phenoxy) is 2. The molecule has 0 radical (unpaired) electrons. The molecule has 1 aliphatic rings. The molecule has 1 aliphatic heterocycles. The zero-order chi connectivity index (χ0) is 24.7. The number of esters is 1. The lowest BCUT2D eigenvalue weighted by atomic mass is 10.1. The van der Waals surface area contributed by atoms with Crippen LogP contribution in [0, 0.1) is 0 Å². The maximum absolute atomic E-state index is 12.8. The molecule has 3 rings (SSSR count). The third-order valence-corrected chi connectivity index (χ3v) is 5.95. The summed E-state index contributed by atoms with van der Waals surface area (Å²) >= 11 is 5.43. The Morgan fingerprint density at radius 2 is 1.82 bits per heavy atom. The van der Waals surface area contributed by atoms with E-state index < -0.39 is 5.97 Å². The number of anilines is 2. The molecule has 0 bridgehead atoms. The normalized spacial score (nSPS) is 14.8. The number of hydrogen-bond acceptors (Lipinski definition) is 7. The molecule has 9 heteroatoms. The van der Waals surface area contributed by atoms with Crippen LogP contribution in [0.4, 0.5) is 11.4 Å². The van der Waals surface area contributed by atoms with Gasteiger partial charge in [0, 0.05) is 31.7 Å². The van der Waals surface area contributed by atoms with Crippen LogP contribution in [0.25, 0.3) is 0 Å². The zero-order valence-electron chi connectivity index (χ0n) is 20.1. The van der Waals surface area contributed by atoms with E-state index in [1.807, 2.05) is 26.0 Å². The number of methoxy groups -OCH3 is 1. The minimum absolute atomic E-state index is 0.0520. The largest absolute Gasteiger partial charge is 0.491 e. The summed E-state index contributed by atoms with van der Waals surface area (Å²) in [6.07, 6.45) is 0.918. The second-order valence-corrected chi connectivity index (χ2v) is 8.69. The fourth-order valence-electron chi connectivity index (χ4n) is 3.56. The van der Waals surface area contributed by atoms with Crippen LogP contribution in [0.15, 0.2) is 42.5 Å². The van der Waals surface area contributed by atoms with E-state index in [0.717, 1.165) is 38.3 Å². The van der Waals surface area contributed by atoms with Gasteiger partial charge >= 0.3 is 5.97 Å². The van der Waals surface area contributed by atoms with Crippen molar-refractivity contribution >= 4 is 40.6 Å². The topological polar surface area (TPSA) is 83.1 Å². The quantitative estimate of drug-likeness (QED) is 0.456. The molecule has 0 saturated carbocycles. The number of nitrogens with zero attached hydrogens (tertiary/aromatic N) is 2. The Labute approximate surface area is 206 Å². The first-order chi connectivity index (χ1) is 16.3. The SMILES string of the molecule is CC[C@H](C)Oc1cccc(C(=O)NC(=S)Nc2cc(C(=O)OC)ccc2N2CCN(C)CC2)c1. The van der Waals surface area contributed by atoms with Gasteiger partial charge in [-0.25, -0.2) is 4.79 Å². The lowest BCUT2D eigenvalue weighted by molar-refractivity contribution is 0.0600. The van der Waals surface area contributed by atoms with Gasteiger partial charge in [0.15, 0.2) is 5.11 Å². The van der Waals surface area contributed by atoms with E-state index in [2.05, 4.69) is 27.5 Å². The summed E-state index contributed by atoms with van der Waals surface area (Å²) in [5, 5.41) is 5.96. The van der Waals surface area contributed by atoms with Gasteiger partial charge in [0.25, 0.3) is 5.91 Å². The summed E-state index contributed by atoms with van der Waals surface area (Å²) in [5.41, 5.74) is 2.37. The molecule has 1 amide bonds. The van der Waals surface area contributed by atoms with E-state index in [9.17, 15) is 9.59 Å². The van der Waals surface area contributed by atoms with Gasteiger partial charge in [0.05, 0.1) is 30.2 Å². The van der Waals surface area contributed by atoms with Crippen LogP contribution >= 0.6 is 12.2 Å². The van der Waals surface area contributed by atoms with Crippen LogP contribution < -0.4 is 20.3 Å². The van der Waals surface area contributed by atoms with Gasteiger partial charge in [-0.3, -0.25) is 10.1 Å². The Morgan fingerprint density at radius 3 is 2.50 bits per heavy atom. The summed E-state index contributed by atoms with van der Waals surface area (Å²) in [6.45, 7) is 7.54. The Balaban J connectivity index is 1.75. The second-order valence-electron chi connectivity index (χ2n) is 8.29. The fraction of sp³-hybridized carbons (Fsp3) is 0.400. The number of benzene rings is 2. The zero-order valence-corrected chi connectivity index (χ0v) is 20.9. The van der Waals surface area contributed by atoms with Crippen LogP contribution in [-0.4, -0.2) is 68.3 Å². The number of thiocarbonyl (C=S) groups is 1. The number of nitrogens with one attached hydrogen (secondary N) is 2. The van der Waals surface area contributed by atoms with Crippen molar-refractivity contribution in [3.8, 4) is 5.75 Å². The molecule has 1 atom stereocenters. The van der Waals surface area contributed by atoms with Crippen LogP contribution in [-0.2, 0) is 4.74 Å².